The Hall–Kier alpha value is -3.12. The Morgan fingerprint density at radius 1 is 1.17 bits per heavy atom. The molecule has 0 amide bonds. The third-order valence-electron chi connectivity index (χ3n) is 4.30. The summed E-state index contributed by atoms with van der Waals surface area (Å²) in [6.07, 6.45) is 1.48. The lowest BCUT2D eigenvalue weighted by molar-refractivity contribution is -0.660. The van der Waals surface area contributed by atoms with E-state index in [0.717, 1.165) is 21.9 Å². The number of aromatic nitrogens is 1. The van der Waals surface area contributed by atoms with Gasteiger partial charge in [-0.1, -0.05) is 30.3 Å². The molecule has 0 unspecified atom stereocenters. The fourth-order valence-electron chi connectivity index (χ4n) is 3.15. The van der Waals surface area contributed by atoms with Crippen LogP contribution in [0.3, 0.4) is 0 Å². The number of furan rings is 1. The zero-order chi connectivity index (χ0) is 20.2. The highest BCUT2D eigenvalue weighted by atomic mass is 16.3. The number of hydrogen-bond donors (Lipinski definition) is 0. The molecule has 0 spiro atoms. The fraction of sp³-hybridized carbons (Fsp3) is 0.143. The van der Waals surface area contributed by atoms with E-state index in [4.69, 9.17) is 16.5 Å². The molecule has 24 heavy (non-hydrogen) atoms. The van der Waals surface area contributed by atoms with Crippen molar-refractivity contribution in [1.82, 2.24) is 0 Å². The molecule has 3 heteroatoms. The van der Waals surface area contributed by atoms with Gasteiger partial charge in [-0.3, -0.25) is 0 Å². The monoisotopic (exact) mass is 317 g/mol. The SMILES string of the molecule is [2H]c1cc(-c2c(C)ccc3c2oc2c([N+]#[C-])cccc23)[n+](C)cc1C([2H])([2H])[2H]. The molecule has 4 aromatic rings. The van der Waals surface area contributed by atoms with Crippen molar-refractivity contribution in [3.05, 3.63) is 71.2 Å². The number of pyridine rings is 1. The summed E-state index contributed by atoms with van der Waals surface area (Å²) in [5.74, 6) is 0. The van der Waals surface area contributed by atoms with Crippen molar-refractivity contribution in [2.45, 2.75) is 13.8 Å². The first-order chi connectivity index (χ1) is 13.2. The first kappa shape index (κ1) is 10.6. The maximum Gasteiger partial charge on any atom is 0.229 e. The second-order valence-corrected chi connectivity index (χ2v) is 5.83. The van der Waals surface area contributed by atoms with Crippen molar-refractivity contribution in [3.8, 4) is 11.3 Å². The highest BCUT2D eigenvalue weighted by molar-refractivity contribution is 6.12. The van der Waals surface area contributed by atoms with Crippen molar-refractivity contribution in [2.75, 3.05) is 0 Å². The van der Waals surface area contributed by atoms with Crippen LogP contribution in [0.2, 0.25) is 0 Å². The van der Waals surface area contributed by atoms with E-state index in [1.165, 1.54) is 6.20 Å². The fourth-order valence-corrected chi connectivity index (χ4v) is 3.15. The molecule has 2 heterocycles. The van der Waals surface area contributed by atoms with Crippen LogP contribution in [-0.4, -0.2) is 0 Å². The van der Waals surface area contributed by atoms with Crippen LogP contribution in [0.4, 0.5) is 5.69 Å². The zero-order valence-corrected chi connectivity index (χ0v) is 13.3. The Balaban J connectivity index is 2.09. The lowest BCUT2D eigenvalue weighted by atomic mass is 10.0. The molecule has 2 aromatic carbocycles. The molecule has 4 rings (SSSR count). The Kier molecular flexibility index (Phi) is 2.30. The van der Waals surface area contributed by atoms with E-state index in [1.54, 1.807) is 23.7 Å². The van der Waals surface area contributed by atoms with E-state index in [0.29, 0.717) is 22.5 Å². The molecule has 0 atom stereocenters. The Morgan fingerprint density at radius 3 is 2.79 bits per heavy atom. The zero-order valence-electron chi connectivity index (χ0n) is 17.3. The van der Waals surface area contributed by atoms with Gasteiger partial charge in [0.1, 0.15) is 18.2 Å². The summed E-state index contributed by atoms with van der Waals surface area (Å²) in [5.41, 5.74) is 4.02. The maximum atomic E-state index is 8.22. The van der Waals surface area contributed by atoms with Gasteiger partial charge in [-0.25, -0.2) is 9.41 Å². The van der Waals surface area contributed by atoms with Gasteiger partial charge in [-0.15, -0.1) is 0 Å². The van der Waals surface area contributed by atoms with Gasteiger partial charge in [-0.2, -0.15) is 0 Å². The van der Waals surface area contributed by atoms with Gasteiger partial charge < -0.3 is 4.42 Å². The molecular weight excluding hydrogens is 296 g/mol. The molecule has 0 aliphatic heterocycles. The van der Waals surface area contributed by atoms with E-state index in [2.05, 4.69) is 4.85 Å². The minimum atomic E-state index is -2.35. The minimum Gasteiger partial charge on any atom is -0.466 e. The Morgan fingerprint density at radius 2 is 2.00 bits per heavy atom. The van der Waals surface area contributed by atoms with Crippen molar-refractivity contribution in [3.63, 3.8) is 0 Å². The summed E-state index contributed by atoms with van der Waals surface area (Å²) >= 11 is 0. The van der Waals surface area contributed by atoms with Crippen LogP contribution in [0.25, 0.3) is 38.0 Å². The molecule has 0 saturated carbocycles. The molecule has 0 radical (unpaired) electrons. The average Bonchev–Trinajstić information content (AvgIpc) is 3.01. The second kappa shape index (κ2) is 5.21. The molecule has 0 bridgehead atoms. The molecule has 0 aliphatic carbocycles. The van der Waals surface area contributed by atoms with Gasteiger partial charge in [0.25, 0.3) is 0 Å². The van der Waals surface area contributed by atoms with Gasteiger partial charge in [0, 0.05) is 26.5 Å². The van der Waals surface area contributed by atoms with Crippen LogP contribution in [-0.2, 0) is 7.05 Å². The molecule has 0 fully saturated rings. The van der Waals surface area contributed by atoms with Crippen molar-refractivity contribution in [2.24, 2.45) is 7.05 Å². The lowest BCUT2D eigenvalue weighted by Crippen LogP contribution is -2.31. The first-order valence-electron chi connectivity index (χ1n) is 9.56. The van der Waals surface area contributed by atoms with Crippen LogP contribution in [0.1, 0.15) is 16.6 Å². The quantitative estimate of drug-likeness (QED) is 0.347. The highest BCUT2D eigenvalue weighted by Crippen LogP contribution is 2.39. The lowest BCUT2D eigenvalue weighted by Gasteiger charge is -2.06. The maximum absolute atomic E-state index is 8.22. The number of nitrogens with zero attached hydrogens (tertiary/aromatic N) is 2. The smallest absolute Gasteiger partial charge is 0.229 e. The second-order valence-electron chi connectivity index (χ2n) is 5.83. The normalized spacial score (nSPS) is 14.0. The minimum absolute atomic E-state index is 0.00322. The van der Waals surface area contributed by atoms with Crippen LogP contribution in [0.5, 0.6) is 0 Å². The van der Waals surface area contributed by atoms with Crippen LogP contribution in [0.15, 0.2) is 53.1 Å². The van der Waals surface area contributed by atoms with Crippen molar-refractivity contribution in [1.29, 1.82) is 0 Å². The van der Waals surface area contributed by atoms with E-state index in [1.807, 2.05) is 31.2 Å². The van der Waals surface area contributed by atoms with Crippen LogP contribution in [0, 0.1) is 20.3 Å². The summed E-state index contributed by atoms with van der Waals surface area (Å²) in [6.45, 7) is 6.98. The molecule has 116 valence electrons. The third kappa shape index (κ3) is 2.00. The average molecular weight is 317 g/mol. The predicted octanol–water partition coefficient (Wildman–Crippen LogP) is 5.25. The Bertz CT molecular complexity index is 1300. The standard InChI is InChI=1S/C21H17N2O/c1-13-8-11-18(23(4)12-13)19-14(2)9-10-16-15-6-5-7-17(22-3)20(15)24-21(16)19/h5-12H,1-2,4H3/q+1/i1D3,8D. The summed E-state index contributed by atoms with van der Waals surface area (Å²) in [4.78, 5) is 3.55. The largest absolute Gasteiger partial charge is 0.466 e. The topological polar surface area (TPSA) is 21.4 Å². The van der Waals surface area contributed by atoms with E-state index in [-0.39, 0.29) is 11.6 Å². The molecule has 2 aromatic heterocycles. The molecule has 0 aliphatic rings. The van der Waals surface area contributed by atoms with E-state index < -0.39 is 6.85 Å². The van der Waals surface area contributed by atoms with Gasteiger partial charge >= 0.3 is 0 Å². The van der Waals surface area contributed by atoms with E-state index in [9.17, 15) is 0 Å². The Labute approximate surface area is 146 Å². The summed E-state index contributed by atoms with van der Waals surface area (Å²) in [6, 6.07) is 10.9. The number of hydrogen-bond acceptors (Lipinski definition) is 1. The van der Waals surface area contributed by atoms with Crippen LogP contribution >= 0.6 is 0 Å². The molecule has 3 nitrogen and oxygen atoms in total. The molecule has 0 N–H and O–H groups in total. The van der Waals surface area contributed by atoms with E-state index >= 15 is 0 Å². The first-order valence-corrected chi connectivity index (χ1v) is 7.56. The number of aryl methyl sites for hydroxylation is 3. The number of benzene rings is 2. The van der Waals surface area contributed by atoms with Gasteiger partial charge in [0.15, 0.2) is 6.20 Å². The highest BCUT2D eigenvalue weighted by Gasteiger charge is 2.21. The number of para-hydroxylation sites is 1. The summed E-state index contributed by atoms with van der Waals surface area (Å²) in [7, 11) is 1.76. The van der Waals surface area contributed by atoms with Gasteiger partial charge in [0.2, 0.25) is 11.4 Å². The summed E-state index contributed by atoms with van der Waals surface area (Å²) in [5, 5.41) is 1.74. The summed E-state index contributed by atoms with van der Waals surface area (Å²) < 4.78 is 39.0. The molecule has 0 saturated heterocycles. The van der Waals surface area contributed by atoms with Crippen molar-refractivity contribution < 1.29 is 14.5 Å². The predicted molar refractivity (Wildman–Crippen MR) is 96.1 cm³/mol. The van der Waals surface area contributed by atoms with Gasteiger partial charge in [0.05, 0.1) is 13.5 Å². The van der Waals surface area contributed by atoms with Gasteiger partial charge in [-0.05, 0) is 25.4 Å². The number of rotatable bonds is 1. The van der Waals surface area contributed by atoms with Crippen LogP contribution < -0.4 is 4.57 Å². The number of fused-ring (bicyclic) bond motifs is 3. The van der Waals surface area contributed by atoms with Crippen molar-refractivity contribution >= 4 is 27.6 Å². The third-order valence-corrected chi connectivity index (χ3v) is 4.30. The molecular formula is C21H17N2O+.